The topological polar surface area (TPSA) is 32.3 Å². The largest absolute Gasteiger partial charge is 0.340 e. The maximum Gasteiger partial charge on any atom is 0.255 e. The summed E-state index contributed by atoms with van der Waals surface area (Å²) in [7, 11) is 1.83. The number of hydrogen-bond acceptors (Lipinski definition) is 2. The summed E-state index contributed by atoms with van der Waals surface area (Å²) in [5, 5.41) is 3.90. The van der Waals surface area contributed by atoms with E-state index in [-0.39, 0.29) is 5.91 Å². The Hall–Kier alpha value is -1.06. The Kier molecular flexibility index (Phi) is 4.02. The van der Waals surface area contributed by atoms with Crippen LogP contribution >= 0.6 is 11.6 Å². The molecule has 1 heterocycles. The van der Waals surface area contributed by atoms with E-state index in [0.717, 1.165) is 19.5 Å². The Morgan fingerprint density at radius 3 is 2.94 bits per heavy atom. The first-order valence-electron chi connectivity index (χ1n) is 5.92. The molecule has 1 N–H and O–H groups in total. The highest BCUT2D eigenvalue weighted by molar-refractivity contribution is 6.33. The second-order valence-corrected chi connectivity index (χ2v) is 4.87. The van der Waals surface area contributed by atoms with Gasteiger partial charge >= 0.3 is 0 Å². The Morgan fingerprint density at radius 2 is 2.29 bits per heavy atom. The molecular formula is C13H17ClN2O. The van der Waals surface area contributed by atoms with E-state index in [0.29, 0.717) is 16.6 Å². The fourth-order valence-electron chi connectivity index (χ4n) is 2.17. The van der Waals surface area contributed by atoms with Crippen LogP contribution in [-0.4, -0.2) is 37.0 Å². The molecule has 1 unspecified atom stereocenters. The third-order valence-electron chi connectivity index (χ3n) is 3.11. The summed E-state index contributed by atoms with van der Waals surface area (Å²) >= 11 is 6.02. The van der Waals surface area contributed by atoms with Crippen molar-refractivity contribution in [1.29, 1.82) is 0 Å². The third-order valence-corrected chi connectivity index (χ3v) is 3.44. The molecule has 0 saturated carbocycles. The zero-order chi connectivity index (χ0) is 12.3. The molecule has 1 aromatic rings. The van der Waals surface area contributed by atoms with Crippen LogP contribution in [0.25, 0.3) is 0 Å². The Labute approximate surface area is 107 Å². The first-order valence-corrected chi connectivity index (χ1v) is 6.29. The minimum Gasteiger partial charge on any atom is -0.340 e. The lowest BCUT2D eigenvalue weighted by Crippen LogP contribution is -2.38. The van der Waals surface area contributed by atoms with Crippen LogP contribution in [0.1, 0.15) is 23.2 Å². The van der Waals surface area contributed by atoms with Crippen molar-refractivity contribution in [2.24, 2.45) is 0 Å². The van der Waals surface area contributed by atoms with Crippen LogP contribution in [0.3, 0.4) is 0 Å². The Morgan fingerprint density at radius 1 is 1.53 bits per heavy atom. The van der Waals surface area contributed by atoms with Gasteiger partial charge in [0.2, 0.25) is 0 Å². The van der Waals surface area contributed by atoms with Crippen LogP contribution in [0.5, 0.6) is 0 Å². The zero-order valence-electron chi connectivity index (χ0n) is 9.95. The summed E-state index contributed by atoms with van der Waals surface area (Å²) in [6, 6.07) is 7.60. The molecule has 92 valence electrons. The van der Waals surface area contributed by atoms with E-state index in [9.17, 15) is 4.79 Å². The lowest BCUT2D eigenvalue weighted by molar-refractivity contribution is 0.0784. The van der Waals surface area contributed by atoms with Crippen molar-refractivity contribution < 1.29 is 4.79 Å². The van der Waals surface area contributed by atoms with E-state index in [4.69, 9.17) is 11.6 Å². The molecule has 0 aromatic heterocycles. The monoisotopic (exact) mass is 252 g/mol. The van der Waals surface area contributed by atoms with Crippen molar-refractivity contribution >= 4 is 17.5 Å². The summed E-state index contributed by atoms with van der Waals surface area (Å²) in [5.74, 6) is -0.00991. The van der Waals surface area contributed by atoms with Gasteiger partial charge in [0, 0.05) is 19.6 Å². The van der Waals surface area contributed by atoms with Crippen LogP contribution in [0.4, 0.5) is 0 Å². The van der Waals surface area contributed by atoms with Gasteiger partial charge in [-0.2, -0.15) is 0 Å². The van der Waals surface area contributed by atoms with Gasteiger partial charge in [-0.15, -0.1) is 0 Å². The average Bonchev–Trinajstić information content (AvgIpc) is 2.81. The molecular weight excluding hydrogens is 236 g/mol. The number of amides is 1. The van der Waals surface area contributed by atoms with Gasteiger partial charge in [-0.1, -0.05) is 23.7 Å². The highest BCUT2D eigenvalue weighted by Gasteiger charge is 2.20. The minimum absolute atomic E-state index is 0.00991. The molecule has 17 heavy (non-hydrogen) atoms. The molecule has 4 heteroatoms. The van der Waals surface area contributed by atoms with Crippen LogP contribution in [0.2, 0.25) is 5.02 Å². The molecule has 0 spiro atoms. The fraction of sp³-hybridized carbons (Fsp3) is 0.462. The number of benzene rings is 1. The van der Waals surface area contributed by atoms with Gasteiger partial charge in [0.1, 0.15) is 0 Å². The normalized spacial score (nSPS) is 19.3. The minimum atomic E-state index is -0.00991. The standard InChI is InChI=1S/C13H17ClN2O/c1-16(9-10-5-4-8-15-10)13(17)11-6-2-3-7-12(11)14/h2-3,6-7,10,15H,4-5,8-9H2,1H3. The van der Waals surface area contributed by atoms with Gasteiger partial charge in [0.25, 0.3) is 5.91 Å². The molecule has 1 amide bonds. The van der Waals surface area contributed by atoms with Crippen LogP contribution in [-0.2, 0) is 0 Å². The van der Waals surface area contributed by atoms with Crippen molar-refractivity contribution in [3.05, 3.63) is 34.9 Å². The maximum absolute atomic E-state index is 12.2. The zero-order valence-corrected chi connectivity index (χ0v) is 10.7. The fourth-order valence-corrected chi connectivity index (χ4v) is 2.38. The average molecular weight is 253 g/mol. The molecule has 1 fully saturated rings. The molecule has 0 bridgehead atoms. The number of hydrogen-bond donors (Lipinski definition) is 1. The molecule has 2 rings (SSSR count). The lowest BCUT2D eigenvalue weighted by atomic mass is 10.1. The second kappa shape index (κ2) is 5.52. The summed E-state index contributed by atoms with van der Waals surface area (Å²) in [6.07, 6.45) is 2.33. The van der Waals surface area contributed by atoms with Gasteiger partial charge in [-0.05, 0) is 31.5 Å². The van der Waals surface area contributed by atoms with Crippen LogP contribution in [0.15, 0.2) is 24.3 Å². The van der Waals surface area contributed by atoms with Gasteiger partial charge in [-0.25, -0.2) is 0 Å². The van der Waals surface area contributed by atoms with E-state index in [2.05, 4.69) is 5.32 Å². The summed E-state index contributed by atoms with van der Waals surface area (Å²) in [4.78, 5) is 13.9. The van der Waals surface area contributed by atoms with Crippen molar-refractivity contribution in [2.45, 2.75) is 18.9 Å². The van der Waals surface area contributed by atoms with Crippen molar-refractivity contribution in [2.75, 3.05) is 20.1 Å². The van der Waals surface area contributed by atoms with Gasteiger partial charge in [0.15, 0.2) is 0 Å². The number of rotatable bonds is 3. The molecule has 1 aromatic carbocycles. The van der Waals surface area contributed by atoms with E-state index < -0.39 is 0 Å². The summed E-state index contributed by atoms with van der Waals surface area (Å²) in [6.45, 7) is 1.79. The van der Waals surface area contributed by atoms with E-state index in [1.54, 1.807) is 17.0 Å². The molecule has 1 aliphatic heterocycles. The van der Waals surface area contributed by atoms with E-state index in [1.807, 2.05) is 19.2 Å². The smallest absolute Gasteiger partial charge is 0.255 e. The lowest BCUT2D eigenvalue weighted by Gasteiger charge is -2.21. The number of likely N-dealkylation sites (N-methyl/N-ethyl adjacent to an activating group) is 1. The van der Waals surface area contributed by atoms with Crippen molar-refractivity contribution in [3.63, 3.8) is 0 Å². The molecule has 1 saturated heterocycles. The summed E-state index contributed by atoms with van der Waals surface area (Å²) in [5.41, 5.74) is 0.578. The highest BCUT2D eigenvalue weighted by Crippen LogP contribution is 2.17. The number of halogens is 1. The molecule has 0 aliphatic carbocycles. The Balaban J connectivity index is 2.01. The first-order chi connectivity index (χ1) is 8.18. The number of carbonyl (C=O) groups excluding carboxylic acids is 1. The van der Waals surface area contributed by atoms with Crippen LogP contribution < -0.4 is 5.32 Å². The number of carbonyl (C=O) groups is 1. The van der Waals surface area contributed by atoms with E-state index in [1.165, 1.54) is 6.42 Å². The predicted molar refractivity (Wildman–Crippen MR) is 69.4 cm³/mol. The van der Waals surface area contributed by atoms with Crippen LogP contribution in [0, 0.1) is 0 Å². The molecule has 0 radical (unpaired) electrons. The number of nitrogens with one attached hydrogen (secondary N) is 1. The van der Waals surface area contributed by atoms with E-state index >= 15 is 0 Å². The molecule has 3 nitrogen and oxygen atoms in total. The van der Waals surface area contributed by atoms with Gasteiger partial charge < -0.3 is 10.2 Å². The third kappa shape index (κ3) is 2.99. The van der Waals surface area contributed by atoms with Crippen molar-refractivity contribution in [1.82, 2.24) is 10.2 Å². The Bertz CT molecular complexity index is 402. The molecule has 1 atom stereocenters. The quantitative estimate of drug-likeness (QED) is 0.894. The predicted octanol–water partition coefficient (Wildman–Crippen LogP) is 2.16. The maximum atomic E-state index is 12.2. The summed E-state index contributed by atoms with van der Waals surface area (Å²) < 4.78 is 0. The number of nitrogens with zero attached hydrogens (tertiary/aromatic N) is 1. The SMILES string of the molecule is CN(CC1CCCN1)C(=O)c1ccccc1Cl. The molecule has 1 aliphatic rings. The first kappa shape index (κ1) is 12.4. The second-order valence-electron chi connectivity index (χ2n) is 4.46. The van der Waals surface area contributed by atoms with Gasteiger partial charge in [-0.3, -0.25) is 4.79 Å². The van der Waals surface area contributed by atoms with Gasteiger partial charge in [0.05, 0.1) is 10.6 Å². The van der Waals surface area contributed by atoms with Crippen molar-refractivity contribution in [3.8, 4) is 0 Å². The highest BCUT2D eigenvalue weighted by atomic mass is 35.5.